The van der Waals surface area contributed by atoms with Gasteiger partial charge in [-0.3, -0.25) is 9.59 Å². The summed E-state index contributed by atoms with van der Waals surface area (Å²) in [6.07, 6.45) is 2.35. The molecule has 1 unspecified atom stereocenters. The zero-order valence-corrected chi connectivity index (χ0v) is 21.5. The lowest BCUT2D eigenvalue weighted by Gasteiger charge is -2.26. The van der Waals surface area contributed by atoms with Gasteiger partial charge in [-0.25, -0.2) is 9.97 Å². The summed E-state index contributed by atoms with van der Waals surface area (Å²) < 4.78 is 0. The topological polar surface area (TPSA) is 112 Å². The molecular weight excluding hydrogens is 502 g/mol. The van der Waals surface area contributed by atoms with Gasteiger partial charge in [0, 0.05) is 22.6 Å². The Morgan fingerprint density at radius 2 is 1.82 bits per heavy atom. The van der Waals surface area contributed by atoms with E-state index in [-0.39, 0.29) is 24.8 Å². The van der Waals surface area contributed by atoms with E-state index in [1.165, 1.54) is 5.56 Å². The van der Waals surface area contributed by atoms with Crippen molar-refractivity contribution in [3.8, 4) is 11.3 Å². The average molecular weight is 530 g/mol. The van der Waals surface area contributed by atoms with Gasteiger partial charge in [-0.15, -0.1) is 0 Å². The fraction of sp³-hybridized carbons (Fsp3) is 0.267. The van der Waals surface area contributed by atoms with Gasteiger partial charge in [0.25, 0.3) is 5.91 Å². The normalized spacial score (nSPS) is 15.6. The molecule has 0 spiro atoms. The largest absolute Gasteiger partial charge is 0.481 e. The number of rotatable bonds is 8. The molecule has 1 aromatic heterocycles. The number of aryl methyl sites for hydroxylation is 1. The Hall–Kier alpha value is -3.81. The third-order valence-electron chi connectivity index (χ3n) is 6.93. The summed E-state index contributed by atoms with van der Waals surface area (Å²) in [7, 11) is 0. The van der Waals surface area contributed by atoms with Gasteiger partial charge in [0.1, 0.15) is 0 Å². The van der Waals surface area contributed by atoms with E-state index in [9.17, 15) is 14.7 Å². The molecule has 1 amide bonds. The number of aliphatic carboxylic acids is 1. The molecule has 8 heteroatoms. The van der Waals surface area contributed by atoms with Gasteiger partial charge in [0.2, 0.25) is 0 Å². The monoisotopic (exact) mass is 529 g/mol. The third-order valence-corrected chi connectivity index (χ3v) is 7.18. The quantitative estimate of drug-likeness (QED) is 0.256. The van der Waals surface area contributed by atoms with E-state index in [1.807, 2.05) is 12.1 Å². The Morgan fingerprint density at radius 1 is 1.03 bits per heavy atom. The summed E-state index contributed by atoms with van der Waals surface area (Å²) in [6.45, 7) is 0. The zero-order chi connectivity index (χ0) is 26.6. The molecule has 1 aliphatic rings. The molecule has 0 aliphatic heterocycles. The molecule has 0 fully saturated rings. The minimum Gasteiger partial charge on any atom is -0.481 e. The highest BCUT2D eigenvalue weighted by Crippen LogP contribution is 2.32. The van der Waals surface area contributed by atoms with E-state index in [0.29, 0.717) is 39.4 Å². The SMILES string of the molecule is O=C(O)CCCC(O)c1nc2cc(C(=O)N[C@@H]3CCCc4ccccc43)ccc2nc1-c1ccc(Cl)cc1. The summed E-state index contributed by atoms with van der Waals surface area (Å²) >= 11 is 6.06. The fourth-order valence-corrected chi connectivity index (χ4v) is 5.12. The third kappa shape index (κ3) is 5.69. The average Bonchev–Trinajstić information content (AvgIpc) is 2.92. The van der Waals surface area contributed by atoms with Gasteiger partial charge in [0.15, 0.2) is 0 Å². The van der Waals surface area contributed by atoms with Crippen LogP contribution in [0.2, 0.25) is 5.02 Å². The molecule has 194 valence electrons. The lowest BCUT2D eigenvalue weighted by molar-refractivity contribution is -0.137. The van der Waals surface area contributed by atoms with Crippen LogP contribution in [0.1, 0.15) is 71.4 Å². The van der Waals surface area contributed by atoms with Crippen LogP contribution in [0, 0.1) is 0 Å². The van der Waals surface area contributed by atoms with Crippen LogP contribution in [0.15, 0.2) is 66.7 Å². The number of nitrogens with one attached hydrogen (secondary N) is 1. The molecule has 0 saturated heterocycles. The molecule has 1 heterocycles. The second-order valence-corrected chi connectivity index (χ2v) is 10.0. The Bertz CT molecular complexity index is 1490. The molecule has 0 saturated carbocycles. The predicted octanol–water partition coefficient (Wildman–Crippen LogP) is 6.05. The van der Waals surface area contributed by atoms with Crippen LogP contribution >= 0.6 is 11.6 Å². The number of carboxylic acids is 1. The Labute approximate surface area is 225 Å². The minimum absolute atomic E-state index is 0.0480. The molecule has 0 bridgehead atoms. The first kappa shape index (κ1) is 25.8. The van der Waals surface area contributed by atoms with E-state index < -0.39 is 12.1 Å². The van der Waals surface area contributed by atoms with Gasteiger partial charge in [0.05, 0.1) is 34.6 Å². The summed E-state index contributed by atoms with van der Waals surface area (Å²) in [5.41, 5.74) is 5.51. The Balaban J connectivity index is 1.47. The summed E-state index contributed by atoms with van der Waals surface area (Å²) in [6, 6.07) is 20.4. The van der Waals surface area contributed by atoms with E-state index in [1.54, 1.807) is 42.5 Å². The molecule has 0 radical (unpaired) electrons. The molecule has 7 nitrogen and oxygen atoms in total. The van der Waals surface area contributed by atoms with Crippen molar-refractivity contribution in [2.75, 3.05) is 0 Å². The first-order valence-corrected chi connectivity index (χ1v) is 13.1. The van der Waals surface area contributed by atoms with Gasteiger partial charge in [-0.2, -0.15) is 0 Å². The molecule has 4 aromatic rings. The van der Waals surface area contributed by atoms with Crippen LogP contribution in [0.5, 0.6) is 0 Å². The van der Waals surface area contributed by atoms with Crippen molar-refractivity contribution in [3.05, 3.63) is 94.1 Å². The Morgan fingerprint density at radius 3 is 2.61 bits per heavy atom. The Kier molecular flexibility index (Phi) is 7.67. The molecule has 1 aliphatic carbocycles. The summed E-state index contributed by atoms with van der Waals surface area (Å²) in [5.74, 6) is -1.11. The van der Waals surface area contributed by atoms with Gasteiger partial charge in [-0.1, -0.05) is 48.0 Å². The van der Waals surface area contributed by atoms with Crippen LogP contribution in [0.25, 0.3) is 22.3 Å². The van der Waals surface area contributed by atoms with Crippen molar-refractivity contribution in [1.29, 1.82) is 0 Å². The number of hydrogen-bond acceptors (Lipinski definition) is 5. The first-order valence-electron chi connectivity index (χ1n) is 12.7. The number of fused-ring (bicyclic) bond motifs is 2. The van der Waals surface area contributed by atoms with Crippen LogP contribution < -0.4 is 5.32 Å². The summed E-state index contributed by atoms with van der Waals surface area (Å²) in [5, 5.41) is 23.7. The van der Waals surface area contributed by atoms with E-state index in [0.717, 1.165) is 30.4 Å². The lowest BCUT2D eigenvalue weighted by atomic mass is 9.87. The second kappa shape index (κ2) is 11.3. The minimum atomic E-state index is -1.02. The molecule has 2 atom stereocenters. The number of halogens is 1. The lowest BCUT2D eigenvalue weighted by Crippen LogP contribution is -2.31. The number of amides is 1. The van der Waals surface area contributed by atoms with Crippen LogP contribution in [-0.4, -0.2) is 32.1 Å². The van der Waals surface area contributed by atoms with Crippen LogP contribution in [0.3, 0.4) is 0 Å². The highest BCUT2D eigenvalue weighted by atomic mass is 35.5. The number of aromatic nitrogens is 2. The van der Waals surface area contributed by atoms with Gasteiger partial charge >= 0.3 is 5.97 Å². The highest BCUT2D eigenvalue weighted by Gasteiger charge is 2.23. The summed E-state index contributed by atoms with van der Waals surface area (Å²) in [4.78, 5) is 33.7. The van der Waals surface area contributed by atoms with E-state index in [4.69, 9.17) is 26.7 Å². The fourth-order valence-electron chi connectivity index (χ4n) is 4.99. The standard InChI is InChI=1S/C30H28ClN3O4/c31-21-14-11-19(12-15-21)28-29(26(35)9-4-10-27(36)37)33-25-17-20(13-16-24(25)32-28)30(38)34-23-8-3-6-18-5-1-2-7-22(18)23/h1-2,5,7,11-17,23,26,35H,3-4,6,8-10H2,(H,34,38)(H,36,37)/t23-,26?/m1/s1. The van der Waals surface area contributed by atoms with Crippen molar-refractivity contribution in [2.24, 2.45) is 0 Å². The van der Waals surface area contributed by atoms with Gasteiger partial charge in [-0.05, 0) is 73.6 Å². The smallest absolute Gasteiger partial charge is 0.303 e. The highest BCUT2D eigenvalue weighted by molar-refractivity contribution is 6.30. The predicted molar refractivity (Wildman–Crippen MR) is 146 cm³/mol. The van der Waals surface area contributed by atoms with Crippen molar-refractivity contribution in [1.82, 2.24) is 15.3 Å². The number of benzene rings is 3. The molecular formula is C30H28ClN3O4. The van der Waals surface area contributed by atoms with Crippen LogP contribution in [0.4, 0.5) is 0 Å². The van der Waals surface area contributed by atoms with Crippen molar-refractivity contribution < 1.29 is 19.8 Å². The van der Waals surface area contributed by atoms with Crippen LogP contribution in [-0.2, 0) is 11.2 Å². The maximum atomic E-state index is 13.2. The molecule has 3 N–H and O–H groups in total. The number of carbonyl (C=O) groups is 2. The number of nitrogens with zero attached hydrogens (tertiary/aromatic N) is 2. The second-order valence-electron chi connectivity index (χ2n) is 9.59. The number of carboxylic acid groups (broad SMARTS) is 1. The van der Waals surface area contributed by atoms with Crippen molar-refractivity contribution in [2.45, 2.75) is 50.7 Å². The molecule has 5 rings (SSSR count). The van der Waals surface area contributed by atoms with Crippen molar-refractivity contribution in [3.63, 3.8) is 0 Å². The van der Waals surface area contributed by atoms with Crippen molar-refractivity contribution >= 4 is 34.5 Å². The maximum absolute atomic E-state index is 13.2. The molecule has 3 aromatic carbocycles. The number of carbonyl (C=O) groups excluding carboxylic acids is 1. The molecule has 38 heavy (non-hydrogen) atoms. The first-order chi connectivity index (χ1) is 18.4. The zero-order valence-electron chi connectivity index (χ0n) is 20.7. The van der Waals surface area contributed by atoms with E-state index >= 15 is 0 Å². The van der Waals surface area contributed by atoms with Gasteiger partial charge < -0.3 is 15.5 Å². The number of aliphatic hydroxyl groups excluding tert-OH is 1. The van der Waals surface area contributed by atoms with E-state index in [2.05, 4.69) is 17.4 Å². The number of hydrogen-bond donors (Lipinski definition) is 3. The number of aliphatic hydroxyl groups is 1. The maximum Gasteiger partial charge on any atom is 0.303 e.